The van der Waals surface area contributed by atoms with Crippen LogP contribution in [-0.4, -0.2) is 18.5 Å². The minimum absolute atomic E-state index is 0.0124. The molecular formula is C16H22N2O. The maximum atomic E-state index is 12.3. The lowest BCUT2D eigenvalue weighted by Gasteiger charge is -2.17. The van der Waals surface area contributed by atoms with Crippen molar-refractivity contribution in [2.24, 2.45) is 11.8 Å². The molecule has 1 aliphatic heterocycles. The Kier molecular flexibility index (Phi) is 3.56. The summed E-state index contributed by atoms with van der Waals surface area (Å²) in [5.74, 6) is 1.41. The van der Waals surface area contributed by atoms with Crippen molar-refractivity contribution < 1.29 is 4.79 Å². The molecule has 1 saturated heterocycles. The molecule has 2 fully saturated rings. The highest BCUT2D eigenvalue weighted by atomic mass is 16.2. The number of hydrogen-bond acceptors (Lipinski definition) is 2. The number of fused-ring (bicyclic) bond motifs is 1. The van der Waals surface area contributed by atoms with Crippen LogP contribution in [0, 0.1) is 11.8 Å². The molecule has 19 heavy (non-hydrogen) atoms. The molecule has 1 amide bonds. The van der Waals surface area contributed by atoms with Crippen LogP contribution in [0.1, 0.15) is 31.7 Å². The fraction of sp³-hybridized carbons (Fsp3) is 0.562. The van der Waals surface area contributed by atoms with Crippen molar-refractivity contribution in [3.8, 4) is 0 Å². The first kappa shape index (κ1) is 12.7. The Morgan fingerprint density at radius 3 is 2.84 bits per heavy atom. The van der Waals surface area contributed by atoms with Crippen LogP contribution in [0.25, 0.3) is 0 Å². The number of benzene rings is 1. The Morgan fingerprint density at radius 1 is 1.32 bits per heavy atom. The van der Waals surface area contributed by atoms with Crippen LogP contribution in [0.15, 0.2) is 24.3 Å². The molecule has 3 unspecified atom stereocenters. The average Bonchev–Trinajstić information content (AvgIpc) is 3.01. The maximum absolute atomic E-state index is 12.3. The first-order valence-corrected chi connectivity index (χ1v) is 7.41. The summed E-state index contributed by atoms with van der Waals surface area (Å²) >= 11 is 0. The van der Waals surface area contributed by atoms with E-state index in [0.29, 0.717) is 5.92 Å². The first-order valence-electron chi connectivity index (χ1n) is 7.41. The summed E-state index contributed by atoms with van der Waals surface area (Å²) in [5, 5.41) is 6.44. The smallest absolute Gasteiger partial charge is 0.241 e. The van der Waals surface area contributed by atoms with E-state index in [4.69, 9.17) is 0 Å². The van der Waals surface area contributed by atoms with Gasteiger partial charge in [0.25, 0.3) is 0 Å². The zero-order valence-electron chi connectivity index (χ0n) is 11.5. The van der Waals surface area contributed by atoms with Gasteiger partial charge in [0, 0.05) is 5.69 Å². The van der Waals surface area contributed by atoms with E-state index in [1.54, 1.807) is 0 Å². The van der Waals surface area contributed by atoms with Crippen LogP contribution >= 0.6 is 0 Å². The Balaban J connectivity index is 1.64. The molecule has 3 nitrogen and oxygen atoms in total. The van der Waals surface area contributed by atoms with Crippen molar-refractivity contribution in [2.75, 3.05) is 11.9 Å². The molecule has 3 atom stereocenters. The van der Waals surface area contributed by atoms with E-state index in [-0.39, 0.29) is 11.9 Å². The van der Waals surface area contributed by atoms with Crippen molar-refractivity contribution in [3.05, 3.63) is 29.8 Å². The molecule has 0 radical (unpaired) electrons. The van der Waals surface area contributed by atoms with Crippen molar-refractivity contribution in [1.82, 2.24) is 5.32 Å². The second-order valence-corrected chi connectivity index (χ2v) is 5.78. The molecule has 2 N–H and O–H groups in total. The summed E-state index contributed by atoms with van der Waals surface area (Å²) in [5.41, 5.74) is 2.21. The van der Waals surface area contributed by atoms with Gasteiger partial charge in [-0.3, -0.25) is 4.79 Å². The normalized spacial score (nSPS) is 29.2. The fourth-order valence-electron chi connectivity index (χ4n) is 3.52. The van der Waals surface area contributed by atoms with Crippen LogP contribution in [0.4, 0.5) is 5.69 Å². The molecule has 3 rings (SSSR count). The predicted molar refractivity (Wildman–Crippen MR) is 77.1 cm³/mol. The molecule has 1 aromatic carbocycles. The molecule has 1 aliphatic carbocycles. The lowest BCUT2D eigenvalue weighted by atomic mass is 9.93. The van der Waals surface area contributed by atoms with E-state index in [9.17, 15) is 4.79 Å². The zero-order valence-corrected chi connectivity index (χ0v) is 11.5. The van der Waals surface area contributed by atoms with E-state index in [0.717, 1.165) is 24.6 Å². The molecule has 3 heteroatoms. The number of nitrogens with one attached hydrogen (secondary N) is 2. The molecule has 2 aliphatic rings. The van der Waals surface area contributed by atoms with Crippen LogP contribution in [0.3, 0.4) is 0 Å². The molecule has 1 saturated carbocycles. The second-order valence-electron chi connectivity index (χ2n) is 5.78. The Labute approximate surface area is 114 Å². The van der Waals surface area contributed by atoms with Gasteiger partial charge in [0.15, 0.2) is 0 Å². The van der Waals surface area contributed by atoms with Crippen molar-refractivity contribution in [1.29, 1.82) is 0 Å². The van der Waals surface area contributed by atoms with E-state index >= 15 is 0 Å². The predicted octanol–water partition coefficient (Wildman–Crippen LogP) is 2.58. The number of anilines is 1. The van der Waals surface area contributed by atoms with Crippen LogP contribution in [0.5, 0.6) is 0 Å². The number of amides is 1. The Morgan fingerprint density at radius 2 is 2.11 bits per heavy atom. The average molecular weight is 258 g/mol. The SMILES string of the molecule is CCc1ccc(NC(=O)C2NCC3CCCC32)cc1. The van der Waals surface area contributed by atoms with Gasteiger partial charge in [-0.15, -0.1) is 0 Å². The lowest BCUT2D eigenvalue weighted by Crippen LogP contribution is -2.39. The minimum atomic E-state index is 0.0124. The summed E-state index contributed by atoms with van der Waals surface area (Å²) in [4.78, 5) is 12.3. The summed E-state index contributed by atoms with van der Waals surface area (Å²) < 4.78 is 0. The molecule has 1 heterocycles. The Hall–Kier alpha value is -1.35. The third-order valence-corrected chi connectivity index (χ3v) is 4.66. The monoisotopic (exact) mass is 258 g/mol. The largest absolute Gasteiger partial charge is 0.325 e. The highest BCUT2D eigenvalue weighted by Crippen LogP contribution is 2.37. The Bertz CT molecular complexity index is 454. The highest BCUT2D eigenvalue weighted by molar-refractivity contribution is 5.95. The van der Waals surface area contributed by atoms with Gasteiger partial charge in [-0.05, 0) is 55.3 Å². The summed E-state index contributed by atoms with van der Waals surface area (Å²) in [6, 6.07) is 8.17. The van der Waals surface area contributed by atoms with Gasteiger partial charge in [0.2, 0.25) is 5.91 Å². The molecular weight excluding hydrogens is 236 g/mol. The molecule has 0 spiro atoms. The van der Waals surface area contributed by atoms with Gasteiger partial charge in [-0.25, -0.2) is 0 Å². The molecule has 0 bridgehead atoms. The van der Waals surface area contributed by atoms with Crippen LogP contribution in [-0.2, 0) is 11.2 Å². The van der Waals surface area contributed by atoms with Gasteiger partial charge >= 0.3 is 0 Å². The van der Waals surface area contributed by atoms with E-state index < -0.39 is 0 Å². The van der Waals surface area contributed by atoms with Crippen LogP contribution in [0.2, 0.25) is 0 Å². The van der Waals surface area contributed by atoms with Gasteiger partial charge < -0.3 is 10.6 Å². The maximum Gasteiger partial charge on any atom is 0.241 e. The van der Waals surface area contributed by atoms with Gasteiger partial charge in [0.1, 0.15) is 0 Å². The number of rotatable bonds is 3. The standard InChI is InChI=1S/C16H22N2O/c1-2-11-6-8-13(9-7-11)18-16(19)15-14-5-3-4-12(14)10-17-15/h6-9,12,14-15,17H,2-5,10H2,1H3,(H,18,19). The van der Waals surface area contributed by atoms with Gasteiger partial charge in [0.05, 0.1) is 6.04 Å². The molecule has 0 aromatic heterocycles. The molecule has 1 aromatic rings. The summed E-state index contributed by atoms with van der Waals surface area (Å²) in [6.45, 7) is 3.15. The third kappa shape index (κ3) is 2.52. The quantitative estimate of drug-likeness (QED) is 0.875. The first-order chi connectivity index (χ1) is 9.28. The number of aryl methyl sites for hydroxylation is 1. The highest BCUT2D eigenvalue weighted by Gasteiger charge is 2.42. The molecule has 102 valence electrons. The second kappa shape index (κ2) is 5.33. The summed E-state index contributed by atoms with van der Waals surface area (Å²) in [7, 11) is 0. The fourth-order valence-corrected chi connectivity index (χ4v) is 3.52. The van der Waals surface area contributed by atoms with E-state index in [1.807, 2.05) is 12.1 Å². The zero-order chi connectivity index (χ0) is 13.2. The lowest BCUT2D eigenvalue weighted by molar-refractivity contribution is -0.118. The third-order valence-electron chi connectivity index (χ3n) is 4.66. The number of hydrogen-bond donors (Lipinski definition) is 2. The van der Waals surface area contributed by atoms with Gasteiger partial charge in [-0.2, -0.15) is 0 Å². The van der Waals surface area contributed by atoms with Crippen molar-refractivity contribution >= 4 is 11.6 Å². The topological polar surface area (TPSA) is 41.1 Å². The van der Waals surface area contributed by atoms with E-state index in [2.05, 4.69) is 29.7 Å². The van der Waals surface area contributed by atoms with Crippen molar-refractivity contribution in [3.63, 3.8) is 0 Å². The van der Waals surface area contributed by atoms with E-state index in [1.165, 1.54) is 24.8 Å². The summed E-state index contributed by atoms with van der Waals surface area (Å²) in [6.07, 6.45) is 4.80. The number of carbonyl (C=O) groups is 1. The van der Waals surface area contributed by atoms with Gasteiger partial charge in [-0.1, -0.05) is 25.5 Å². The van der Waals surface area contributed by atoms with Crippen LogP contribution < -0.4 is 10.6 Å². The van der Waals surface area contributed by atoms with Crippen molar-refractivity contribution in [2.45, 2.75) is 38.6 Å². The minimum Gasteiger partial charge on any atom is -0.325 e. The number of carbonyl (C=O) groups excluding carboxylic acids is 1.